The quantitative estimate of drug-likeness (QED) is 0.491. The lowest BCUT2D eigenvalue weighted by Gasteiger charge is -2.39. The van der Waals surface area contributed by atoms with Crippen molar-refractivity contribution in [3.8, 4) is 23.0 Å². The summed E-state index contributed by atoms with van der Waals surface area (Å²) in [6.07, 6.45) is 8.06. The van der Waals surface area contributed by atoms with Gasteiger partial charge in [0.2, 0.25) is 5.95 Å². The Kier molecular flexibility index (Phi) is 4.51. The van der Waals surface area contributed by atoms with Crippen LogP contribution in [0.2, 0.25) is 5.02 Å². The van der Waals surface area contributed by atoms with Crippen molar-refractivity contribution in [3.63, 3.8) is 0 Å². The maximum Gasteiger partial charge on any atom is 0.237 e. The molecule has 0 fully saturated rings. The van der Waals surface area contributed by atoms with Crippen LogP contribution in [0.4, 0.5) is 5.82 Å². The molecular weight excluding hydrogens is 400 g/mol. The zero-order valence-electron chi connectivity index (χ0n) is 16.9. The Labute approximate surface area is 179 Å². The highest BCUT2D eigenvalue weighted by molar-refractivity contribution is 6.30. The van der Waals surface area contributed by atoms with E-state index in [2.05, 4.69) is 45.8 Å². The predicted octanol–water partition coefficient (Wildman–Crippen LogP) is 4.24. The standard InChI is InChI=1S/C21H21ClN8/c1-4-16-20-27-25-12-29(20)17-11-24-21(26-19(17)30(16)13(2)3)28-9-8-23-18(28)14-6-5-7-15(22)10-14/h5-13,16H,4H2,1-3H3. The summed E-state index contributed by atoms with van der Waals surface area (Å²) in [7, 11) is 0. The lowest BCUT2D eigenvalue weighted by atomic mass is 10.1. The van der Waals surface area contributed by atoms with Crippen molar-refractivity contribution in [2.24, 2.45) is 0 Å². The van der Waals surface area contributed by atoms with Crippen molar-refractivity contribution in [1.82, 2.24) is 34.3 Å². The average molecular weight is 421 g/mol. The van der Waals surface area contributed by atoms with E-state index in [4.69, 9.17) is 16.6 Å². The van der Waals surface area contributed by atoms with Crippen LogP contribution < -0.4 is 4.90 Å². The largest absolute Gasteiger partial charge is 0.342 e. The fourth-order valence-corrected chi connectivity index (χ4v) is 4.24. The van der Waals surface area contributed by atoms with Gasteiger partial charge in [0.25, 0.3) is 0 Å². The molecule has 1 aliphatic heterocycles. The highest BCUT2D eigenvalue weighted by atomic mass is 35.5. The highest BCUT2D eigenvalue weighted by Crippen LogP contribution is 2.39. The topological polar surface area (TPSA) is 77.5 Å². The molecule has 1 aliphatic rings. The Morgan fingerprint density at radius 3 is 2.80 bits per heavy atom. The maximum atomic E-state index is 6.19. The van der Waals surface area contributed by atoms with Gasteiger partial charge in [-0.1, -0.05) is 30.7 Å². The van der Waals surface area contributed by atoms with E-state index in [9.17, 15) is 0 Å². The smallest absolute Gasteiger partial charge is 0.237 e. The molecule has 0 amide bonds. The number of rotatable bonds is 4. The Hall–Kier alpha value is -3.26. The molecule has 0 N–H and O–H groups in total. The van der Waals surface area contributed by atoms with E-state index in [0.717, 1.165) is 35.1 Å². The minimum atomic E-state index is 0.0953. The second-order valence-electron chi connectivity index (χ2n) is 7.49. The predicted molar refractivity (Wildman–Crippen MR) is 115 cm³/mol. The first-order valence-corrected chi connectivity index (χ1v) is 10.3. The van der Waals surface area contributed by atoms with Gasteiger partial charge in [0, 0.05) is 29.0 Å². The van der Waals surface area contributed by atoms with E-state index < -0.39 is 0 Å². The van der Waals surface area contributed by atoms with Gasteiger partial charge in [0.05, 0.1) is 12.2 Å². The van der Waals surface area contributed by atoms with Crippen molar-refractivity contribution in [1.29, 1.82) is 0 Å². The number of halogens is 1. The fraction of sp³-hybridized carbons (Fsp3) is 0.286. The molecule has 1 atom stereocenters. The Balaban J connectivity index is 1.67. The van der Waals surface area contributed by atoms with Gasteiger partial charge in [-0.2, -0.15) is 4.98 Å². The summed E-state index contributed by atoms with van der Waals surface area (Å²) < 4.78 is 3.87. The molecule has 0 radical (unpaired) electrons. The molecule has 0 bridgehead atoms. The van der Waals surface area contributed by atoms with Crippen LogP contribution in [0, 0.1) is 0 Å². The third kappa shape index (κ3) is 2.87. The van der Waals surface area contributed by atoms with Crippen molar-refractivity contribution in [2.45, 2.75) is 39.3 Å². The van der Waals surface area contributed by atoms with E-state index in [0.29, 0.717) is 11.0 Å². The third-order valence-corrected chi connectivity index (χ3v) is 5.57. The molecule has 1 aromatic carbocycles. The molecule has 0 spiro atoms. The summed E-state index contributed by atoms with van der Waals surface area (Å²) in [5, 5.41) is 9.15. The summed E-state index contributed by atoms with van der Waals surface area (Å²) in [6.45, 7) is 6.48. The van der Waals surface area contributed by atoms with Gasteiger partial charge in [-0.3, -0.25) is 9.13 Å². The summed E-state index contributed by atoms with van der Waals surface area (Å²) in [5.41, 5.74) is 1.78. The van der Waals surface area contributed by atoms with Crippen molar-refractivity contribution < 1.29 is 0 Å². The van der Waals surface area contributed by atoms with Gasteiger partial charge in [-0.25, -0.2) is 9.97 Å². The Morgan fingerprint density at radius 2 is 2.03 bits per heavy atom. The van der Waals surface area contributed by atoms with Gasteiger partial charge in [-0.15, -0.1) is 10.2 Å². The van der Waals surface area contributed by atoms with Crippen LogP contribution in [-0.2, 0) is 0 Å². The molecule has 152 valence electrons. The van der Waals surface area contributed by atoms with E-state index in [1.807, 2.05) is 45.8 Å². The lowest BCUT2D eigenvalue weighted by molar-refractivity contribution is 0.497. The summed E-state index contributed by atoms with van der Waals surface area (Å²) in [5.74, 6) is 3.07. The molecule has 4 heterocycles. The summed E-state index contributed by atoms with van der Waals surface area (Å²) >= 11 is 6.19. The number of hydrogen-bond acceptors (Lipinski definition) is 6. The van der Waals surface area contributed by atoms with Gasteiger partial charge < -0.3 is 4.90 Å². The van der Waals surface area contributed by atoms with Crippen LogP contribution in [0.15, 0.2) is 49.2 Å². The van der Waals surface area contributed by atoms with Crippen LogP contribution in [0.5, 0.6) is 0 Å². The first kappa shape index (κ1) is 18.7. The molecule has 0 saturated carbocycles. The van der Waals surface area contributed by atoms with E-state index in [1.165, 1.54) is 0 Å². The minimum absolute atomic E-state index is 0.0953. The molecule has 0 aliphatic carbocycles. The zero-order valence-corrected chi connectivity index (χ0v) is 17.7. The summed E-state index contributed by atoms with van der Waals surface area (Å²) in [4.78, 5) is 16.4. The van der Waals surface area contributed by atoms with Crippen LogP contribution in [0.25, 0.3) is 23.0 Å². The number of anilines is 1. The van der Waals surface area contributed by atoms with Gasteiger partial charge in [0.15, 0.2) is 11.6 Å². The molecule has 8 nitrogen and oxygen atoms in total. The van der Waals surface area contributed by atoms with Gasteiger partial charge in [0.1, 0.15) is 17.8 Å². The monoisotopic (exact) mass is 420 g/mol. The second-order valence-corrected chi connectivity index (χ2v) is 7.93. The number of benzene rings is 1. The molecule has 9 heteroatoms. The molecule has 5 rings (SSSR count). The molecule has 4 aromatic rings. The lowest BCUT2D eigenvalue weighted by Crippen LogP contribution is -2.40. The SMILES string of the molecule is CCC1c2nncn2-c2cnc(-n3ccnc3-c3cccc(Cl)c3)nc2N1C(C)C. The van der Waals surface area contributed by atoms with Gasteiger partial charge in [-0.05, 0) is 32.4 Å². The zero-order chi connectivity index (χ0) is 20.8. The van der Waals surface area contributed by atoms with Crippen molar-refractivity contribution in [2.75, 3.05) is 4.90 Å². The average Bonchev–Trinajstić information content (AvgIpc) is 3.42. The van der Waals surface area contributed by atoms with Crippen LogP contribution in [0.3, 0.4) is 0 Å². The first-order chi connectivity index (χ1) is 14.6. The summed E-state index contributed by atoms with van der Waals surface area (Å²) in [6, 6.07) is 7.94. The van der Waals surface area contributed by atoms with E-state index >= 15 is 0 Å². The van der Waals surface area contributed by atoms with Crippen LogP contribution in [0.1, 0.15) is 39.1 Å². The molecule has 30 heavy (non-hydrogen) atoms. The second kappa shape index (κ2) is 7.21. The number of hydrogen-bond donors (Lipinski definition) is 0. The van der Waals surface area contributed by atoms with Crippen molar-refractivity contribution >= 4 is 17.4 Å². The fourth-order valence-electron chi connectivity index (χ4n) is 4.05. The van der Waals surface area contributed by atoms with Gasteiger partial charge >= 0.3 is 0 Å². The Morgan fingerprint density at radius 1 is 1.17 bits per heavy atom. The van der Waals surface area contributed by atoms with E-state index in [1.54, 1.807) is 12.5 Å². The number of fused-ring (bicyclic) bond motifs is 3. The maximum absolute atomic E-state index is 6.19. The third-order valence-electron chi connectivity index (χ3n) is 5.33. The Bertz CT molecular complexity index is 1210. The molecular formula is C21H21ClN8. The van der Waals surface area contributed by atoms with Crippen molar-refractivity contribution in [3.05, 3.63) is 60.0 Å². The number of aromatic nitrogens is 7. The normalized spacial score (nSPS) is 15.4. The minimum Gasteiger partial charge on any atom is -0.342 e. The van der Waals surface area contributed by atoms with Crippen LogP contribution >= 0.6 is 11.6 Å². The first-order valence-electron chi connectivity index (χ1n) is 9.93. The molecule has 3 aromatic heterocycles. The molecule has 0 saturated heterocycles. The number of imidazole rings is 1. The van der Waals surface area contributed by atoms with Crippen LogP contribution in [-0.4, -0.2) is 40.3 Å². The molecule has 1 unspecified atom stereocenters. The highest BCUT2D eigenvalue weighted by Gasteiger charge is 2.35. The number of nitrogens with zero attached hydrogens (tertiary/aromatic N) is 8. The van der Waals surface area contributed by atoms with E-state index in [-0.39, 0.29) is 12.1 Å².